The highest BCUT2D eigenvalue weighted by Gasteiger charge is 2.34. The number of fused-ring (bicyclic) bond motifs is 1. The van der Waals surface area contributed by atoms with Crippen LogP contribution in [0.1, 0.15) is 25.5 Å². The Morgan fingerprint density at radius 3 is 2.65 bits per heavy atom. The highest BCUT2D eigenvalue weighted by atomic mass is 16.5. The number of ether oxygens (including phenoxy) is 2. The molecule has 0 amide bonds. The highest BCUT2D eigenvalue weighted by Crippen LogP contribution is 2.34. The SMILES string of the molecule is COc1ccccc1C(CN1CC(C)(C)Cn2c1nc(-c1ccncn1)cc2=O)OC. The first kappa shape index (κ1) is 21.0. The first-order valence-electron chi connectivity index (χ1n) is 10.2. The number of methoxy groups -OCH3 is 2. The quantitative estimate of drug-likeness (QED) is 0.605. The Balaban J connectivity index is 1.76. The van der Waals surface area contributed by atoms with Crippen LogP contribution in [-0.4, -0.2) is 46.8 Å². The third-order valence-electron chi connectivity index (χ3n) is 5.48. The summed E-state index contributed by atoms with van der Waals surface area (Å²) in [6, 6.07) is 11.1. The molecule has 1 aromatic carbocycles. The molecule has 1 aliphatic rings. The van der Waals surface area contributed by atoms with Crippen molar-refractivity contribution < 1.29 is 9.47 Å². The van der Waals surface area contributed by atoms with E-state index in [0.29, 0.717) is 30.4 Å². The van der Waals surface area contributed by atoms with Gasteiger partial charge in [0.1, 0.15) is 18.2 Å². The van der Waals surface area contributed by atoms with Crippen LogP contribution in [0.3, 0.4) is 0 Å². The number of aromatic nitrogens is 4. The zero-order valence-corrected chi connectivity index (χ0v) is 18.3. The number of nitrogens with zero attached hydrogens (tertiary/aromatic N) is 5. The number of hydrogen-bond acceptors (Lipinski definition) is 7. The van der Waals surface area contributed by atoms with Crippen molar-refractivity contribution in [3.63, 3.8) is 0 Å². The van der Waals surface area contributed by atoms with Crippen molar-refractivity contribution in [3.05, 3.63) is 64.8 Å². The summed E-state index contributed by atoms with van der Waals surface area (Å²) in [4.78, 5) is 28.2. The van der Waals surface area contributed by atoms with Gasteiger partial charge >= 0.3 is 0 Å². The first-order chi connectivity index (χ1) is 14.9. The lowest BCUT2D eigenvalue weighted by atomic mass is 9.90. The maximum absolute atomic E-state index is 13.0. The highest BCUT2D eigenvalue weighted by molar-refractivity contribution is 5.55. The number of benzene rings is 1. The van der Waals surface area contributed by atoms with Crippen LogP contribution >= 0.6 is 0 Å². The molecule has 0 N–H and O–H groups in total. The molecule has 1 unspecified atom stereocenters. The molecule has 8 nitrogen and oxygen atoms in total. The lowest BCUT2D eigenvalue weighted by Crippen LogP contribution is -2.48. The molecule has 0 bridgehead atoms. The smallest absolute Gasteiger partial charge is 0.255 e. The molecule has 3 heterocycles. The van der Waals surface area contributed by atoms with E-state index in [-0.39, 0.29) is 17.1 Å². The minimum absolute atomic E-state index is 0.0948. The lowest BCUT2D eigenvalue weighted by Gasteiger charge is -2.41. The van der Waals surface area contributed by atoms with Gasteiger partial charge in [-0.2, -0.15) is 0 Å². The first-order valence-corrected chi connectivity index (χ1v) is 10.2. The predicted molar refractivity (Wildman–Crippen MR) is 118 cm³/mol. The molecule has 162 valence electrons. The van der Waals surface area contributed by atoms with E-state index >= 15 is 0 Å². The molecule has 4 rings (SSSR count). The molecule has 0 radical (unpaired) electrons. The fourth-order valence-corrected chi connectivity index (χ4v) is 4.10. The number of hydrogen-bond donors (Lipinski definition) is 0. The van der Waals surface area contributed by atoms with Crippen molar-refractivity contribution in [1.82, 2.24) is 19.5 Å². The second kappa shape index (κ2) is 8.47. The average Bonchev–Trinajstić information content (AvgIpc) is 2.78. The van der Waals surface area contributed by atoms with E-state index < -0.39 is 0 Å². The van der Waals surface area contributed by atoms with Crippen LogP contribution in [0.4, 0.5) is 5.95 Å². The van der Waals surface area contributed by atoms with Gasteiger partial charge in [0.25, 0.3) is 5.56 Å². The summed E-state index contributed by atoms with van der Waals surface area (Å²) in [6.07, 6.45) is 2.85. The van der Waals surface area contributed by atoms with Gasteiger partial charge in [-0.15, -0.1) is 0 Å². The average molecular weight is 422 g/mol. The van der Waals surface area contributed by atoms with Crippen LogP contribution in [0, 0.1) is 5.41 Å². The minimum Gasteiger partial charge on any atom is -0.496 e. The van der Waals surface area contributed by atoms with Gasteiger partial charge < -0.3 is 14.4 Å². The summed E-state index contributed by atoms with van der Waals surface area (Å²) in [5.41, 5.74) is 1.91. The van der Waals surface area contributed by atoms with Gasteiger partial charge in [0.15, 0.2) is 0 Å². The molecular weight excluding hydrogens is 394 g/mol. The summed E-state index contributed by atoms with van der Waals surface area (Å²) >= 11 is 0. The standard InChI is InChI=1S/C23H27N5O3/c1-23(2)13-27(12-20(31-4)16-7-5-6-8-19(16)30-3)22-26-18(11-21(29)28(22)14-23)17-9-10-24-15-25-17/h5-11,15,20H,12-14H2,1-4H3. The van der Waals surface area contributed by atoms with E-state index in [9.17, 15) is 4.79 Å². The topological polar surface area (TPSA) is 82.4 Å². The van der Waals surface area contributed by atoms with Crippen molar-refractivity contribution in [3.8, 4) is 17.1 Å². The van der Waals surface area contributed by atoms with Crippen LogP contribution in [0.15, 0.2) is 53.7 Å². The molecule has 0 saturated carbocycles. The van der Waals surface area contributed by atoms with Crippen LogP contribution in [-0.2, 0) is 11.3 Å². The number of rotatable bonds is 6. The van der Waals surface area contributed by atoms with Crippen LogP contribution in [0.2, 0.25) is 0 Å². The molecule has 0 spiro atoms. The molecule has 8 heteroatoms. The van der Waals surface area contributed by atoms with Crippen molar-refractivity contribution >= 4 is 5.95 Å². The molecular formula is C23H27N5O3. The summed E-state index contributed by atoms with van der Waals surface area (Å²) in [5.74, 6) is 1.39. The zero-order chi connectivity index (χ0) is 22.0. The fourth-order valence-electron chi connectivity index (χ4n) is 4.10. The van der Waals surface area contributed by atoms with Gasteiger partial charge in [0, 0.05) is 43.4 Å². The van der Waals surface area contributed by atoms with Gasteiger partial charge in [-0.3, -0.25) is 9.36 Å². The number of para-hydroxylation sites is 1. The van der Waals surface area contributed by atoms with Crippen molar-refractivity contribution in [2.75, 3.05) is 32.2 Å². The summed E-state index contributed by atoms with van der Waals surface area (Å²) in [5, 5.41) is 0. The van der Waals surface area contributed by atoms with Gasteiger partial charge in [-0.1, -0.05) is 32.0 Å². The molecule has 31 heavy (non-hydrogen) atoms. The van der Waals surface area contributed by atoms with E-state index in [1.807, 2.05) is 24.3 Å². The van der Waals surface area contributed by atoms with E-state index in [2.05, 4.69) is 28.7 Å². The third-order valence-corrected chi connectivity index (χ3v) is 5.48. The van der Waals surface area contributed by atoms with Gasteiger partial charge in [-0.25, -0.2) is 15.0 Å². The lowest BCUT2D eigenvalue weighted by molar-refractivity contribution is 0.101. The maximum atomic E-state index is 13.0. The van der Waals surface area contributed by atoms with E-state index in [1.165, 1.54) is 6.33 Å². The molecule has 1 atom stereocenters. The Morgan fingerprint density at radius 2 is 1.94 bits per heavy atom. The fraction of sp³-hybridized carbons (Fsp3) is 0.391. The maximum Gasteiger partial charge on any atom is 0.255 e. The second-order valence-electron chi connectivity index (χ2n) is 8.47. The minimum atomic E-state index is -0.252. The molecule has 2 aromatic heterocycles. The van der Waals surface area contributed by atoms with E-state index in [0.717, 1.165) is 17.9 Å². The van der Waals surface area contributed by atoms with Gasteiger partial charge in [0.2, 0.25) is 5.95 Å². The Hall–Kier alpha value is -3.26. The molecule has 0 aliphatic carbocycles. The Labute approximate surface area is 181 Å². The molecule has 1 aliphatic heterocycles. The molecule has 0 fully saturated rings. The number of anilines is 1. The van der Waals surface area contributed by atoms with Crippen molar-refractivity contribution in [2.45, 2.75) is 26.5 Å². The summed E-state index contributed by atoms with van der Waals surface area (Å²) < 4.78 is 13.1. The van der Waals surface area contributed by atoms with Crippen LogP contribution in [0.5, 0.6) is 5.75 Å². The van der Waals surface area contributed by atoms with E-state index in [1.54, 1.807) is 37.1 Å². The Kier molecular flexibility index (Phi) is 5.73. The summed E-state index contributed by atoms with van der Waals surface area (Å²) in [7, 11) is 3.34. The van der Waals surface area contributed by atoms with Crippen LogP contribution < -0.4 is 15.2 Å². The predicted octanol–water partition coefficient (Wildman–Crippen LogP) is 2.94. The Bertz CT molecular complexity index is 1110. The normalized spacial score (nSPS) is 15.9. The van der Waals surface area contributed by atoms with Gasteiger partial charge in [-0.05, 0) is 12.1 Å². The monoisotopic (exact) mass is 421 g/mol. The third kappa shape index (κ3) is 4.29. The van der Waals surface area contributed by atoms with E-state index in [4.69, 9.17) is 14.5 Å². The van der Waals surface area contributed by atoms with Crippen LogP contribution in [0.25, 0.3) is 11.4 Å². The second-order valence-corrected chi connectivity index (χ2v) is 8.47. The van der Waals surface area contributed by atoms with Gasteiger partial charge in [0.05, 0.1) is 25.0 Å². The largest absolute Gasteiger partial charge is 0.496 e. The zero-order valence-electron chi connectivity index (χ0n) is 18.3. The molecule has 3 aromatic rings. The Morgan fingerprint density at radius 1 is 1.13 bits per heavy atom. The summed E-state index contributed by atoms with van der Waals surface area (Å²) in [6.45, 7) is 6.17. The van der Waals surface area contributed by atoms with Crippen molar-refractivity contribution in [2.24, 2.45) is 5.41 Å². The van der Waals surface area contributed by atoms with Crippen molar-refractivity contribution in [1.29, 1.82) is 0 Å². The molecule has 0 saturated heterocycles.